The van der Waals surface area contributed by atoms with Crippen molar-refractivity contribution in [3.05, 3.63) is 123 Å². The Hall–Kier alpha value is -3.81. The second kappa shape index (κ2) is 12.8. The van der Waals surface area contributed by atoms with Gasteiger partial charge in [0.2, 0.25) is 0 Å². The van der Waals surface area contributed by atoms with E-state index in [2.05, 4.69) is 124 Å². The Morgan fingerprint density at radius 3 is 2.26 bits per heavy atom. The maximum absolute atomic E-state index is 7.31. The molecular weight excluding hydrogens is 578 g/mol. The van der Waals surface area contributed by atoms with Crippen molar-refractivity contribution in [2.75, 3.05) is 0 Å². The summed E-state index contributed by atoms with van der Waals surface area (Å²) < 4.78 is 2.53. The molecule has 4 aromatic carbocycles. The lowest BCUT2D eigenvalue weighted by Gasteiger charge is -2.23. The quantitative estimate of drug-likeness (QED) is 0.154. The normalized spacial score (nSPS) is 18.3. The van der Waals surface area contributed by atoms with Crippen LogP contribution in [-0.2, 0) is 6.54 Å². The van der Waals surface area contributed by atoms with Crippen molar-refractivity contribution in [3.8, 4) is 0 Å². The fourth-order valence-electron chi connectivity index (χ4n) is 7.99. The number of halogens is 1. The van der Waals surface area contributed by atoms with Crippen LogP contribution in [0.4, 0.5) is 0 Å². The lowest BCUT2D eigenvalue weighted by molar-refractivity contribution is 0.563. The van der Waals surface area contributed by atoms with Crippen LogP contribution in [0.2, 0.25) is 0 Å². The highest BCUT2D eigenvalue weighted by molar-refractivity contribution is 6.32. The first kappa shape index (κ1) is 30.8. The molecule has 7 rings (SSSR count). The number of nitrogens with zero attached hydrogens (tertiary/aromatic N) is 1. The molecule has 1 aromatic heterocycles. The highest BCUT2D eigenvalue weighted by Gasteiger charge is 2.24. The third-order valence-electron chi connectivity index (χ3n) is 10.4. The zero-order valence-electron chi connectivity index (χ0n) is 28.1. The van der Waals surface area contributed by atoms with Crippen molar-refractivity contribution in [3.63, 3.8) is 0 Å². The second-order valence-electron chi connectivity index (χ2n) is 13.7. The van der Waals surface area contributed by atoms with E-state index in [0.29, 0.717) is 5.92 Å². The van der Waals surface area contributed by atoms with Crippen molar-refractivity contribution >= 4 is 61.3 Å². The molecule has 1 nitrogen and oxygen atoms in total. The van der Waals surface area contributed by atoms with Gasteiger partial charge in [-0.05, 0) is 125 Å². The minimum atomic E-state index is 0.537. The molecule has 0 bridgehead atoms. The average molecular weight is 624 g/mol. The molecule has 0 aliphatic heterocycles. The zero-order chi connectivity index (χ0) is 31.9. The van der Waals surface area contributed by atoms with Crippen molar-refractivity contribution in [2.45, 2.75) is 86.1 Å². The van der Waals surface area contributed by atoms with Crippen LogP contribution in [-0.4, -0.2) is 4.57 Å². The number of hydrogen-bond acceptors (Lipinski definition) is 0. The highest BCUT2D eigenvalue weighted by atomic mass is 35.5. The summed E-state index contributed by atoms with van der Waals surface area (Å²) in [5.74, 6) is 0.537. The lowest BCUT2D eigenvalue weighted by Crippen LogP contribution is -2.16. The molecule has 0 fully saturated rings. The van der Waals surface area contributed by atoms with Crippen LogP contribution in [0, 0.1) is 19.8 Å². The largest absolute Gasteiger partial charge is 0.340 e. The van der Waals surface area contributed by atoms with Gasteiger partial charge in [0.15, 0.2) is 0 Å². The molecule has 0 N–H and O–H groups in total. The minimum absolute atomic E-state index is 0.537. The third kappa shape index (κ3) is 5.27. The number of benzene rings is 4. The van der Waals surface area contributed by atoms with Crippen molar-refractivity contribution < 1.29 is 0 Å². The summed E-state index contributed by atoms with van der Waals surface area (Å²) in [7, 11) is 0. The molecule has 46 heavy (non-hydrogen) atoms. The molecule has 0 radical (unpaired) electrons. The van der Waals surface area contributed by atoms with E-state index in [4.69, 9.17) is 11.6 Å². The van der Waals surface area contributed by atoms with E-state index < -0.39 is 0 Å². The molecule has 2 aliphatic carbocycles. The number of allylic oxidation sites excluding steroid dienone is 8. The minimum Gasteiger partial charge on any atom is -0.340 e. The van der Waals surface area contributed by atoms with Gasteiger partial charge in [0, 0.05) is 33.2 Å². The van der Waals surface area contributed by atoms with Crippen molar-refractivity contribution in [2.24, 2.45) is 5.92 Å². The smallest absolute Gasteiger partial charge is 0.0497 e. The monoisotopic (exact) mass is 623 g/mol. The van der Waals surface area contributed by atoms with E-state index in [-0.39, 0.29) is 0 Å². The van der Waals surface area contributed by atoms with Crippen LogP contribution in [0.1, 0.15) is 88.0 Å². The van der Waals surface area contributed by atoms with Gasteiger partial charge >= 0.3 is 0 Å². The molecular formula is C44H46ClN. The Kier molecular flexibility index (Phi) is 8.55. The van der Waals surface area contributed by atoms with Gasteiger partial charge in [-0.3, -0.25) is 0 Å². The number of aryl methyl sites for hydroxylation is 3. The lowest BCUT2D eigenvalue weighted by atomic mass is 9.86. The Balaban J connectivity index is 1.32. The molecule has 1 heterocycles. The molecule has 1 unspecified atom stereocenters. The second-order valence-corrected chi connectivity index (χ2v) is 14.1. The fraction of sp³-hybridized carbons (Fsp3) is 0.318. The molecule has 0 spiro atoms. The predicted molar refractivity (Wildman–Crippen MR) is 202 cm³/mol. The van der Waals surface area contributed by atoms with Crippen LogP contribution < -0.4 is 5.35 Å². The summed E-state index contributed by atoms with van der Waals surface area (Å²) in [6.07, 6.45) is 17.2. The van der Waals surface area contributed by atoms with E-state index in [1.165, 1.54) is 102 Å². The number of hydrogen-bond donors (Lipinski definition) is 0. The Bertz CT molecular complexity index is 2160. The SMILES string of the molecule is CCCCC1=C(/C=C/C2=C(Cl)C(=C/C=c3\c4cccc5c(C)ccc(c54)n3CCCC)/CC(C)C2)c2cccc3c(C)ccc1c23. The van der Waals surface area contributed by atoms with Gasteiger partial charge in [0.25, 0.3) is 0 Å². The van der Waals surface area contributed by atoms with Crippen molar-refractivity contribution in [1.29, 1.82) is 0 Å². The van der Waals surface area contributed by atoms with Crippen LogP contribution >= 0.6 is 11.6 Å². The summed E-state index contributed by atoms with van der Waals surface area (Å²) in [4.78, 5) is 0. The Morgan fingerprint density at radius 2 is 1.48 bits per heavy atom. The molecule has 0 amide bonds. The Morgan fingerprint density at radius 1 is 0.761 bits per heavy atom. The van der Waals surface area contributed by atoms with E-state index in [1.807, 2.05) is 0 Å². The molecule has 0 saturated heterocycles. The zero-order valence-corrected chi connectivity index (χ0v) is 28.9. The fourth-order valence-corrected chi connectivity index (χ4v) is 8.27. The highest BCUT2D eigenvalue weighted by Crippen LogP contribution is 2.46. The summed E-state index contributed by atoms with van der Waals surface area (Å²) in [6.45, 7) is 12.4. The molecule has 2 heteroatoms. The molecule has 1 atom stereocenters. The Labute approximate surface area is 279 Å². The first-order chi connectivity index (χ1) is 22.4. The predicted octanol–water partition coefficient (Wildman–Crippen LogP) is 12.4. The van der Waals surface area contributed by atoms with Crippen molar-refractivity contribution in [1.82, 2.24) is 4.57 Å². The number of unbranched alkanes of at least 4 members (excludes halogenated alkanes) is 2. The van der Waals surface area contributed by atoms with Gasteiger partial charge in [0.05, 0.1) is 0 Å². The van der Waals surface area contributed by atoms with E-state index >= 15 is 0 Å². The molecule has 0 saturated carbocycles. The molecule has 5 aromatic rings. The van der Waals surface area contributed by atoms with Gasteiger partial charge in [-0.1, -0.05) is 118 Å². The topological polar surface area (TPSA) is 4.93 Å². The van der Waals surface area contributed by atoms with Gasteiger partial charge in [-0.25, -0.2) is 0 Å². The van der Waals surface area contributed by atoms with Crippen LogP contribution in [0.5, 0.6) is 0 Å². The van der Waals surface area contributed by atoms with E-state index in [0.717, 1.165) is 37.3 Å². The van der Waals surface area contributed by atoms with E-state index in [1.54, 1.807) is 0 Å². The van der Waals surface area contributed by atoms with Crippen LogP contribution in [0.3, 0.4) is 0 Å². The first-order valence-electron chi connectivity index (χ1n) is 17.5. The van der Waals surface area contributed by atoms with Crippen LogP contribution in [0.15, 0.2) is 95.1 Å². The summed E-state index contributed by atoms with van der Waals surface area (Å²) in [6, 6.07) is 22.8. The summed E-state index contributed by atoms with van der Waals surface area (Å²) in [5.41, 5.74) is 12.2. The van der Waals surface area contributed by atoms with Gasteiger partial charge < -0.3 is 4.57 Å². The van der Waals surface area contributed by atoms with E-state index in [9.17, 15) is 0 Å². The maximum atomic E-state index is 7.31. The summed E-state index contributed by atoms with van der Waals surface area (Å²) >= 11 is 7.31. The molecule has 234 valence electrons. The van der Waals surface area contributed by atoms with Gasteiger partial charge in [-0.2, -0.15) is 0 Å². The number of rotatable bonds is 9. The van der Waals surface area contributed by atoms with Gasteiger partial charge in [0.1, 0.15) is 0 Å². The summed E-state index contributed by atoms with van der Waals surface area (Å²) in [5, 5.41) is 9.11. The van der Waals surface area contributed by atoms with Gasteiger partial charge in [-0.15, -0.1) is 0 Å². The molecule has 2 aliphatic rings. The third-order valence-corrected chi connectivity index (χ3v) is 10.9. The standard InChI is InChI=1S/C44H46ClN/c1-6-8-12-35-36(37-15-10-13-33-29(4)17-21-38(35)42(33)37)22-19-31-26-28(3)27-32(44(31)45)20-24-40-39-16-11-14-34-30(5)18-23-41(43(34)39)46(40)25-9-7-2/h10-11,13-24,28H,6-9,12,25-27H2,1-5H3/b22-19+,32-20+,40-24+. The maximum Gasteiger partial charge on any atom is 0.0497 e. The number of aromatic nitrogens is 1. The first-order valence-corrected chi connectivity index (χ1v) is 17.8. The van der Waals surface area contributed by atoms with Crippen LogP contribution in [0.25, 0.3) is 49.7 Å². The average Bonchev–Trinajstić information content (AvgIpc) is 3.54.